The molecule has 0 aliphatic heterocycles. The van der Waals surface area contributed by atoms with Crippen LogP contribution in [0, 0.1) is 5.92 Å². The van der Waals surface area contributed by atoms with Gasteiger partial charge in [0.1, 0.15) is 0 Å². The number of hydrogen-bond acceptors (Lipinski definition) is 2. The first-order chi connectivity index (χ1) is 5.59. The fourth-order valence-corrected chi connectivity index (χ4v) is 2.06. The molecule has 1 aromatic rings. The van der Waals surface area contributed by atoms with Crippen LogP contribution in [0.1, 0.15) is 32.8 Å². The highest BCUT2D eigenvalue weighted by molar-refractivity contribution is 7.08. The van der Waals surface area contributed by atoms with Crippen LogP contribution in [0.4, 0.5) is 0 Å². The summed E-state index contributed by atoms with van der Waals surface area (Å²) in [6, 6.07) is 2.12. The summed E-state index contributed by atoms with van der Waals surface area (Å²) in [5.41, 5.74) is 7.35. The van der Waals surface area contributed by atoms with Gasteiger partial charge in [0.25, 0.3) is 0 Å². The van der Waals surface area contributed by atoms with Crippen molar-refractivity contribution in [3.8, 4) is 0 Å². The van der Waals surface area contributed by atoms with Crippen LogP contribution >= 0.6 is 11.3 Å². The second-order valence-corrected chi connectivity index (χ2v) is 4.38. The molecule has 0 amide bonds. The largest absolute Gasteiger partial charge is 0.321 e. The minimum atomic E-state index is -0.158. The monoisotopic (exact) mass is 183 g/mol. The zero-order chi connectivity index (χ0) is 9.19. The highest BCUT2D eigenvalue weighted by Crippen LogP contribution is 2.29. The number of rotatable bonds is 3. The summed E-state index contributed by atoms with van der Waals surface area (Å²) in [5.74, 6) is 0.534. The summed E-state index contributed by atoms with van der Waals surface area (Å²) in [7, 11) is 0. The predicted octanol–water partition coefficient (Wildman–Crippen LogP) is 2.97. The van der Waals surface area contributed by atoms with Gasteiger partial charge in [-0.05, 0) is 35.2 Å². The van der Waals surface area contributed by atoms with Crippen molar-refractivity contribution in [1.29, 1.82) is 0 Å². The third-order valence-corrected chi connectivity index (χ3v) is 3.46. The maximum Gasteiger partial charge on any atom is 0.0415 e. The Balaban J connectivity index is 2.85. The average Bonchev–Trinajstić information content (AvgIpc) is 2.55. The third kappa shape index (κ3) is 1.70. The molecule has 0 saturated heterocycles. The molecule has 0 aliphatic rings. The molecule has 12 heavy (non-hydrogen) atoms. The molecule has 0 aromatic carbocycles. The Labute approximate surface area is 78.6 Å². The molecule has 68 valence electrons. The van der Waals surface area contributed by atoms with Gasteiger partial charge in [-0.1, -0.05) is 20.3 Å². The maximum atomic E-state index is 6.24. The summed E-state index contributed by atoms with van der Waals surface area (Å²) >= 11 is 1.71. The van der Waals surface area contributed by atoms with E-state index >= 15 is 0 Å². The van der Waals surface area contributed by atoms with Crippen molar-refractivity contribution in [2.45, 2.75) is 32.7 Å². The molecule has 1 aromatic heterocycles. The molecule has 0 radical (unpaired) electrons. The van der Waals surface area contributed by atoms with E-state index in [1.165, 1.54) is 5.56 Å². The van der Waals surface area contributed by atoms with Crippen LogP contribution < -0.4 is 5.73 Å². The van der Waals surface area contributed by atoms with E-state index in [-0.39, 0.29) is 5.54 Å². The lowest BCUT2D eigenvalue weighted by molar-refractivity contribution is 0.317. The molecule has 0 spiro atoms. The zero-order valence-corrected chi connectivity index (χ0v) is 8.82. The van der Waals surface area contributed by atoms with E-state index in [0.717, 1.165) is 6.42 Å². The van der Waals surface area contributed by atoms with Gasteiger partial charge in [-0.25, -0.2) is 0 Å². The van der Waals surface area contributed by atoms with Gasteiger partial charge in [0, 0.05) is 5.54 Å². The fraction of sp³-hybridized carbons (Fsp3) is 0.600. The summed E-state index contributed by atoms with van der Waals surface area (Å²) in [6.45, 7) is 6.50. The molecule has 1 nitrogen and oxygen atoms in total. The van der Waals surface area contributed by atoms with Crippen LogP contribution in [0.25, 0.3) is 0 Å². The molecular formula is C10H17NS. The molecule has 2 unspecified atom stereocenters. The van der Waals surface area contributed by atoms with E-state index in [1.807, 2.05) is 0 Å². The lowest BCUT2D eigenvalue weighted by Crippen LogP contribution is -2.39. The van der Waals surface area contributed by atoms with Gasteiger partial charge >= 0.3 is 0 Å². The minimum Gasteiger partial charge on any atom is -0.321 e. The Morgan fingerprint density at radius 3 is 2.75 bits per heavy atom. The molecule has 2 atom stereocenters. The van der Waals surface area contributed by atoms with Gasteiger partial charge in [0.2, 0.25) is 0 Å². The molecule has 0 fully saturated rings. The van der Waals surface area contributed by atoms with Gasteiger partial charge in [-0.15, -0.1) is 0 Å². The maximum absolute atomic E-state index is 6.24. The second kappa shape index (κ2) is 3.58. The molecule has 1 rings (SSSR count). The van der Waals surface area contributed by atoms with Crippen molar-refractivity contribution < 1.29 is 0 Å². The Morgan fingerprint density at radius 2 is 2.33 bits per heavy atom. The second-order valence-electron chi connectivity index (χ2n) is 3.60. The molecular weight excluding hydrogens is 166 g/mol. The highest BCUT2D eigenvalue weighted by Gasteiger charge is 2.27. The van der Waals surface area contributed by atoms with E-state index in [0.29, 0.717) is 5.92 Å². The van der Waals surface area contributed by atoms with Crippen LogP contribution in [0.5, 0.6) is 0 Å². The van der Waals surface area contributed by atoms with E-state index < -0.39 is 0 Å². The molecule has 2 N–H and O–H groups in total. The third-order valence-electron chi connectivity index (χ3n) is 2.78. The molecule has 2 heteroatoms. The minimum absolute atomic E-state index is 0.158. The van der Waals surface area contributed by atoms with Crippen LogP contribution in [0.15, 0.2) is 16.8 Å². The molecule has 0 bridgehead atoms. The summed E-state index contributed by atoms with van der Waals surface area (Å²) < 4.78 is 0. The predicted molar refractivity (Wildman–Crippen MR) is 55.3 cm³/mol. The van der Waals surface area contributed by atoms with Crippen molar-refractivity contribution in [3.63, 3.8) is 0 Å². The van der Waals surface area contributed by atoms with Gasteiger partial charge in [0.15, 0.2) is 0 Å². The van der Waals surface area contributed by atoms with E-state index in [4.69, 9.17) is 5.73 Å². The Kier molecular flexibility index (Phi) is 2.91. The Morgan fingerprint density at radius 1 is 1.67 bits per heavy atom. The lowest BCUT2D eigenvalue weighted by Gasteiger charge is -2.30. The Hall–Kier alpha value is -0.340. The van der Waals surface area contributed by atoms with Crippen LogP contribution in [0.2, 0.25) is 0 Å². The van der Waals surface area contributed by atoms with Gasteiger partial charge in [-0.3, -0.25) is 0 Å². The van der Waals surface area contributed by atoms with E-state index in [2.05, 4.69) is 37.6 Å². The van der Waals surface area contributed by atoms with Crippen molar-refractivity contribution in [1.82, 2.24) is 0 Å². The van der Waals surface area contributed by atoms with E-state index in [9.17, 15) is 0 Å². The average molecular weight is 183 g/mol. The highest BCUT2D eigenvalue weighted by atomic mass is 32.1. The quantitative estimate of drug-likeness (QED) is 0.766. The first kappa shape index (κ1) is 9.75. The summed E-state index contributed by atoms with van der Waals surface area (Å²) in [5, 5.41) is 4.23. The fourth-order valence-electron chi connectivity index (χ4n) is 1.28. The van der Waals surface area contributed by atoms with Crippen molar-refractivity contribution in [2.75, 3.05) is 0 Å². The molecule has 0 aliphatic carbocycles. The molecule has 1 heterocycles. The van der Waals surface area contributed by atoms with Gasteiger partial charge in [-0.2, -0.15) is 11.3 Å². The SMILES string of the molecule is CCC(C)C(C)(N)c1ccsc1. The number of hydrogen-bond donors (Lipinski definition) is 1. The standard InChI is InChI=1S/C10H17NS/c1-4-8(2)10(3,11)9-5-6-12-7-9/h5-8H,4,11H2,1-3H3. The zero-order valence-electron chi connectivity index (χ0n) is 8.00. The number of nitrogens with two attached hydrogens (primary N) is 1. The number of thiophene rings is 1. The van der Waals surface area contributed by atoms with Crippen molar-refractivity contribution in [3.05, 3.63) is 22.4 Å². The smallest absolute Gasteiger partial charge is 0.0415 e. The van der Waals surface area contributed by atoms with Crippen molar-refractivity contribution in [2.24, 2.45) is 11.7 Å². The molecule has 0 saturated carbocycles. The van der Waals surface area contributed by atoms with Gasteiger partial charge < -0.3 is 5.73 Å². The van der Waals surface area contributed by atoms with Crippen molar-refractivity contribution >= 4 is 11.3 Å². The van der Waals surface area contributed by atoms with Gasteiger partial charge in [0.05, 0.1) is 0 Å². The van der Waals surface area contributed by atoms with E-state index in [1.54, 1.807) is 11.3 Å². The van der Waals surface area contributed by atoms with Crippen LogP contribution in [0.3, 0.4) is 0 Å². The van der Waals surface area contributed by atoms with Crippen LogP contribution in [-0.2, 0) is 5.54 Å². The Bertz CT molecular complexity index is 226. The lowest BCUT2D eigenvalue weighted by atomic mass is 9.81. The first-order valence-electron chi connectivity index (χ1n) is 4.40. The summed E-state index contributed by atoms with van der Waals surface area (Å²) in [6.07, 6.45) is 1.13. The normalized spacial score (nSPS) is 18.7. The van der Waals surface area contributed by atoms with Crippen LogP contribution in [-0.4, -0.2) is 0 Å². The summed E-state index contributed by atoms with van der Waals surface area (Å²) in [4.78, 5) is 0. The first-order valence-corrected chi connectivity index (χ1v) is 5.34. The topological polar surface area (TPSA) is 26.0 Å².